The zero-order valence-electron chi connectivity index (χ0n) is 22.8. The third-order valence-electron chi connectivity index (χ3n) is 7.60. The van der Waals surface area contributed by atoms with Gasteiger partial charge in [0.2, 0.25) is 0 Å². The molecule has 2 saturated heterocycles. The number of halogens is 7. The first-order chi connectivity index (χ1) is 20.3. The smallest absolute Gasteiger partial charge is 0.387 e. The van der Waals surface area contributed by atoms with E-state index in [1.165, 1.54) is 31.2 Å². The Morgan fingerprint density at radius 3 is 2.09 bits per heavy atom. The van der Waals surface area contributed by atoms with Crippen LogP contribution in [0.3, 0.4) is 0 Å². The van der Waals surface area contributed by atoms with Crippen LogP contribution in [0.4, 0.5) is 30.7 Å². The Kier molecular flexibility index (Phi) is 9.15. The maximum Gasteiger partial charge on any atom is 0.416 e. The van der Waals surface area contributed by atoms with Crippen LogP contribution in [0.1, 0.15) is 59.8 Å². The Morgan fingerprint density at radius 1 is 0.860 bits per heavy atom. The topological polar surface area (TPSA) is 57.2 Å². The third kappa shape index (κ3) is 7.38. The van der Waals surface area contributed by atoms with E-state index in [-0.39, 0.29) is 24.3 Å². The van der Waals surface area contributed by atoms with Gasteiger partial charge in [0.05, 0.1) is 36.0 Å². The molecule has 0 radical (unpaired) electrons. The fourth-order valence-corrected chi connectivity index (χ4v) is 5.33. The molecule has 3 aromatic carbocycles. The molecule has 7 atom stereocenters. The van der Waals surface area contributed by atoms with Gasteiger partial charge in [0.1, 0.15) is 24.1 Å². The van der Waals surface area contributed by atoms with E-state index in [0.717, 1.165) is 5.56 Å². The second-order valence-corrected chi connectivity index (χ2v) is 10.6. The maximum absolute atomic E-state index is 13.5. The molecule has 2 aliphatic heterocycles. The Labute approximate surface area is 243 Å². The van der Waals surface area contributed by atoms with Crippen LogP contribution in [0, 0.1) is 5.82 Å². The second kappa shape index (κ2) is 12.5. The van der Waals surface area contributed by atoms with Crippen LogP contribution in [0.25, 0.3) is 0 Å². The van der Waals surface area contributed by atoms with Crippen LogP contribution in [-0.4, -0.2) is 35.8 Å². The van der Waals surface area contributed by atoms with Crippen LogP contribution in [0.5, 0.6) is 0 Å². The van der Waals surface area contributed by atoms with Gasteiger partial charge in [0.25, 0.3) is 0 Å². The van der Waals surface area contributed by atoms with Crippen LogP contribution in [0.2, 0.25) is 0 Å². The van der Waals surface area contributed by atoms with E-state index in [2.05, 4.69) is 0 Å². The summed E-state index contributed by atoms with van der Waals surface area (Å²) in [4.78, 5) is 0. The fourth-order valence-electron chi connectivity index (χ4n) is 5.33. The van der Waals surface area contributed by atoms with Gasteiger partial charge in [-0.3, -0.25) is 0 Å². The van der Waals surface area contributed by atoms with E-state index in [9.17, 15) is 35.8 Å². The van der Waals surface area contributed by atoms with Crippen LogP contribution in [0.15, 0.2) is 72.8 Å². The van der Waals surface area contributed by atoms with E-state index in [1.807, 2.05) is 30.3 Å². The van der Waals surface area contributed by atoms with Crippen molar-refractivity contribution in [2.45, 2.75) is 81.6 Å². The van der Waals surface area contributed by atoms with Gasteiger partial charge in [-0.1, -0.05) is 42.5 Å². The summed E-state index contributed by atoms with van der Waals surface area (Å²) in [5.74, 6) is -0.468. The summed E-state index contributed by atoms with van der Waals surface area (Å²) in [5, 5.41) is 11.4. The monoisotopic (exact) mass is 614 g/mol. The van der Waals surface area contributed by atoms with Crippen molar-refractivity contribution in [3.05, 3.63) is 106 Å². The Morgan fingerprint density at radius 2 is 1.49 bits per heavy atom. The fraction of sp³-hybridized carbons (Fsp3) is 0.419. The van der Waals surface area contributed by atoms with Crippen molar-refractivity contribution in [1.29, 1.82) is 0 Å². The SMILES string of the molecule is C[C@@H](O[C@@H]1O[C@@H]2CC[C@@H](c3ccccc3)O[C@@H]2[C@H](O)[C@H]1OCc1ccc(F)cc1)c1cc(C(F)(F)F)cc(C(F)(F)F)c1. The van der Waals surface area contributed by atoms with Crippen LogP contribution >= 0.6 is 0 Å². The molecule has 0 aromatic heterocycles. The van der Waals surface area contributed by atoms with Gasteiger partial charge in [-0.2, -0.15) is 26.3 Å². The lowest BCUT2D eigenvalue weighted by Crippen LogP contribution is -2.61. The van der Waals surface area contributed by atoms with Crippen molar-refractivity contribution in [2.24, 2.45) is 0 Å². The van der Waals surface area contributed by atoms with Crippen molar-refractivity contribution in [3.8, 4) is 0 Å². The predicted octanol–water partition coefficient (Wildman–Crippen LogP) is 7.53. The summed E-state index contributed by atoms with van der Waals surface area (Å²) in [6.45, 7) is 1.16. The molecular formula is C31H29F7O5. The number of fused-ring (bicyclic) bond motifs is 1. The number of ether oxygens (including phenoxy) is 4. The number of aliphatic hydroxyl groups is 1. The van der Waals surface area contributed by atoms with Crippen molar-refractivity contribution >= 4 is 0 Å². The first-order valence-corrected chi connectivity index (χ1v) is 13.6. The predicted molar refractivity (Wildman–Crippen MR) is 139 cm³/mol. The molecule has 232 valence electrons. The molecule has 2 heterocycles. The van der Waals surface area contributed by atoms with Crippen molar-refractivity contribution in [1.82, 2.24) is 0 Å². The van der Waals surface area contributed by atoms with Gasteiger partial charge in [0.15, 0.2) is 6.29 Å². The van der Waals surface area contributed by atoms with Crippen molar-refractivity contribution in [3.63, 3.8) is 0 Å². The lowest BCUT2D eigenvalue weighted by molar-refractivity contribution is -0.337. The molecule has 5 rings (SSSR count). The van der Waals surface area contributed by atoms with Gasteiger partial charge in [-0.05, 0) is 66.8 Å². The lowest BCUT2D eigenvalue weighted by Gasteiger charge is -2.48. The van der Waals surface area contributed by atoms with E-state index < -0.39 is 66.1 Å². The summed E-state index contributed by atoms with van der Waals surface area (Å²) in [7, 11) is 0. The number of hydrogen-bond donors (Lipinski definition) is 1. The number of rotatable bonds is 7. The Hall–Kier alpha value is -3.03. The molecule has 0 amide bonds. The van der Waals surface area contributed by atoms with Crippen LogP contribution < -0.4 is 0 Å². The highest BCUT2D eigenvalue weighted by molar-refractivity contribution is 5.34. The minimum Gasteiger partial charge on any atom is -0.387 e. The maximum atomic E-state index is 13.5. The van der Waals surface area contributed by atoms with Gasteiger partial charge >= 0.3 is 12.4 Å². The van der Waals surface area contributed by atoms with Gasteiger partial charge in [-0.25, -0.2) is 4.39 Å². The zero-order chi connectivity index (χ0) is 30.9. The van der Waals surface area contributed by atoms with Gasteiger partial charge < -0.3 is 24.1 Å². The highest BCUT2D eigenvalue weighted by atomic mass is 19.4. The van der Waals surface area contributed by atoms with E-state index >= 15 is 0 Å². The second-order valence-electron chi connectivity index (χ2n) is 10.6. The van der Waals surface area contributed by atoms with Gasteiger partial charge in [0, 0.05) is 0 Å². The molecule has 0 bridgehead atoms. The average molecular weight is 615 g/mol. The Balaban J connectivity index is 1.40. The van der Waals surface area contributed by atoms with Crippen LogP contribution in [-0.2, 0) is 37.9 Å². The van der Waals surface area contributed by atoms with Gasteiger partial charge in [-0.15, -0.1) is 0 Å². The highest BCUT2D eigenvalue weighted by Gasteiger charge is 2.50. The molecular weight excluding hydrogens is 585 g/mol. The number of alkyl halides is 6. The molecule has 0 saturated carbocycles. The quantitative estimate of drug-likeness (QED) is 0.279. The molecule has 0 aliphatic carbocycles. The molecule has 2 aliphatic rings. The number of benzene rings is 3. The standard InChI is InChI=1S/C31H29F7O5/c1-17(20-13-21(30(33,34)35)15-22(14-20)31(36,37)38)41-29-28(40-16-18-7-9-23(32)10-8-18)26(39)27-25(43-29)12-11-24(42-27)19-5-3-2-4-6-19/h2-10,13-15,17,24-29,39H,11-12,16H2,1H3/t17-,24+,25-,26+,27+,28-,29-/m1/s1. The normalized spacial score (nSPS) is 27.0. The molecule has 1 N–H and O–H groups in total. The van der Waals surface area contributed by atoms with Crippen molar-refractivity contribution < 1.29 is 54.8 Å². The molecule has 3 aromatic rings. The minimum atomic E-state index is -5.03. The molecule has 0 unspecified atom stereocenters. The number of aliphatic hydroxyl groups excluding tert-OH is 1. The summed E-state index contributed by atoms with van der Waals surface area (Å²) in [6, 6.07) is 16.0. The largest absolute Gasteiger partial charge is 0.416 e. The minimum absolute atomic E-state index is 0.0405. The molecule has 0 spiro atoms. The summed E-state index contributed by atoms with van der Waals surface area (Å²) < 4.78 is 118. The van der Waals surface area contributed by atoms with E-state index in [0.29, 0.717) is 30.5 Å². The summed E-state index contributed by atoms with van der Waals surface area (Å²) >= 11 is 0. The number of hydrogen-bond acceptors (Lipinski definition) is 5. The highest BCUT2D eigenvalue weighted by Crippen LogP contribution is 2.42. The first-order valence-electron chi connectivity index (χ1n) is 13.6. The Bertz CT molecular complexity index is 1330. The average Bonchev–Trinajstić information content (AvgIpc) is 2.97. The lowest BCUT2D eigenvalue weighted by atomic mass is 9.89. The summed E-state index contributed by atoms with van der Waals surface area (Å²) in [5.41, 5.74) is -1.90. The summed E-state index contributed by atoms with van der Waals surface area (Å²) in [6.07, 6.45) is -16.3. The molecule has 2 fully saturated rings. The molecule has 12 heteroatoms. The van der Waals surface area contributed by atoms with E-state index in [1.54, 1.807) is 0 Å². The molecule has 43 heavy (non-hydrogen) atoms. The first kappa shape index (κ1) is 31.4. The van der Waals surface area contributed by atoms with E-state index in [4.69, 9.17) is 18.9 Å². The zero-order valence-corrected chi connectivity index (χ0v) is 22.8. The molecule has 5 nitrogen and oxygen atoms in total. The third-order valence-corrected chi connectivity index (χ3v) is 7.60. The van der Waals surface area contributed by atoms with Crippen molar-refractivity contribution in [2.75, 3.05) is 0 Å².